The van der Waals surface area contributed by atoms with Crippen LogP contribution in [-0.2, 0) is 6.54 Å². The van der Waals surface area contributed by atoms with Gasteiger partial charge in [-0.2, -0.15) is 11.3 Å². The number of hydrogen-bond donors (Lipinski definition) is 1. The van der Waals surface area contributed by atoms with Crippen molar-refractivity contribution in [1.82, 2.24) is 4.90 Å². The van der Waals surface area contributed by atoms with Crippen LogP contribution in [0.5, 0.6) is 5.75 Å². The first-order valence-electron chi connectivity index (χ1n) is 8.72. The van der Waals surface area contributed by atoms with E-state index >= 15 is 0 Å². The number of amides is 1. The van der Waals surface area contributed by atoms with Crippen LogP contribution in [0.3, 0.4) is 0 Å². The molecule has 140 valence electrons. The Labute approximate surface area is 166 Å². The molecule has 1 aliphatic rings. The van der Waals surface area contributed by atoms with Gasteiger partial charge in [0.15, 0.2) is 5.76 Å². The van der Waals surface area contributed by atoms with E-state index < -0.39 is 0 Å². The first-order valence-corrected chi connectivity index (χ1v) is 10.0. The highest BCUT2D eigenvalue weighted by Gasteiger charge is 2.24. The maximum Gasteiger partial charge on any atom is 0.291 e. The van der Waals surface area contributed by atoms with Crippen LogP contribution in [0.25, 0.3) is 0 Å². The molecule has 1 amide bonds. The number of rotatable bonds is 6. The molecule has 0 aliphatic carbocycles. The summed E-state index contributed by atoms with van der Waals surface area (Å²) < 4.78 is 11.2. The van der Waals surface area contributed by atoms with E-state index in [9.17, 15) is 4.79 Å². The average molecular weight is 403 g/mol. The fourth-order valence-electron chi connectivity index (χ4n) is 3.13. The molecule has 1 aliphatic heterocycles. The molecule has 2 aromatic heterocycles. The van der Waals surface area contributed by atoms with Gasteiger partial charge in [-0.25, -0.2) is 0 Å². The molecule has 1 unspecified atom stereocenters. The third-order valence-electron chi connectivity index (χ3n) is 4.44. The van der Waals surface area contributed by atoms with Crippen LogP contribution in [0.15, 0.2) is 57.8 Å². The minimum atomic E-state index is -0.315. The third kappa shape index (κ3) is 4.53. The van der Waals surface area contributed by atoms with Crippen molar-refractivity contribution < 1.29 is 13.9 Å². The second-order valence-electron chi connectivity index (χ2n) is 6.47. The minimum absolute atomic E-state index is 0.115. The van der Waals surface area contributed by atoms with Gasteiger partial charge in [0.2, 0.25) is 0 Å². The van der Waals surface area contributed by atoms with Crippen LogP contribution in [0, 0.1) is 0 Å². The first-order chi connectivity index (χ1) is 13.2. The molecule has 5 nitrogen and oxygen atoms in total. The van der Waals surface area contributed by atoms with Crippen LogP contribution in [0.1, 0.15) is 22.5 Å². The van der Waals surface area contributed by atoms with E-state index in [1.165, 1.54) is 11.8 Å². The van der Waals surface area contributed by atoms with Crippen molar-refractivity contribution in [2.45, 2.75) is 19.1 Å². The van der Waals surface area contributed by atoms with Gasteiger partial charge in [0.25, 0.3) is 5.91 Å². The quantitative estimate of drug-likeness (QED) is 0.637. The first kappa shape index (κ1) is 18.1. The maximum atomic E-state index is 12.0. The van der Waals surface area contributed by atoms with Crippen LogP contribution < -0.4 is 10.1 Å². The zero-order valence-corrected chi connectivity index (χ0v) is 16.1. The van der Waals surface area contributed by atoms with E-state index in [1.807, 2.05) is 0 Å². The van der Waals surface area contributed by atoms with Crippen molar-refractivity contribution in [3.8, 4) is 5.75 Å². The SMILES string of the molecule is O=C(Nc1ccc(OC2CCN(Cc3ccsc3)C2)c(Cl)c1)c1ccco1. The van der Waals surface area contributed by atoms with Gasteiger partial charge in [0.1, 0.15) is 11.9 Å². The molecular formula is C20H19ClN2O3S. The monoisotopic (exact) mass is 402 g/mol. The Kier molecular flexibility index (Phi) is 5.48. The zero-order chi connectivity index (χ0) is 18.6. The Morgan fingerprint density at radius 1 is 1.37 bits per heavy atom. The fourth-order valence-corrected chi connectivity index (χ4v) is 4.02. The Bertz CT molecular complexity index is 896. The van der Waals surface area contributed by atoms with E-state index in [-0.39, 0.29) is 17.8 Å². The molecule has 0 saturated carbocycles. The van der Waals surface area contributed by atoms with Crippen molar-refractivity contribution >= 4 is 34.5 Å². The van der Waals surface area contributed by atoms with Gasteiger partial charge in [-0.15, -0.1) is 0 Å². The molecule has 7 heteroatoms. The maximum absolute atomic E-state index is 12.0. The Morgan fingerprint density at radius 3 is 3.04 bits per heavy atom. The normalized spacial score (nSPS) is 17.1. The summed E-state index contributed by atoms with van der Waals surface area (Å²) in [4.78, 5) is 14.4. The van der Waals surface area contributed by atoms with E-state index in [2.05, 4.69) is 27.0 Å². The van der Waals surface area contributed by atoms with Gasteiger partial charge in [-0.05, 0) is 59.1 Å². The number of carbonyl (C=O) groups is 1. The van der Waals surface area contributed by atoms with Crippen LogP contribution in [-0.4, -0.2) is 30.0 Å². The summed E-state index contributed by atoms with van der Waals surface area (Å²) in [6.07, 6.45) is 2.55. The molecule has 0 bridgehead atoms. The van der Waals surface area contributed by atoms with E-state index in [4.69, 9.17) is 20.8 Å². The summed E-state index contributed by atoms with van der Waals surface area (Å²) in [5.74, 6) is 0.572. The second-order valence-corrected chi connectivity index (χ2v) is 7.66. The van der Waals surface area contributed by atoms with Gasteiger partial charge in [-0.3, -0.25) is 9.69 Å². The highest BCUT2D eigenvalue weighted by Crippen LogP contribution is 2.30. The summed E-state index contributed by atoms with van der Waals surface area (Å²) >= 11 is 8.08. The van der Waals surface area contributed by atoms with Crippen molar-refractivity contribution in [3.05, 3.63) is 69.8 Å². The number of benzene rings is 1. The third-order valence-corrected chi connectivity index (χ3v) is 5.47. The van der Waals surface area contributed by atoms with Crippen molar-refractivity contribution in [3.63, 3.8) is 0 Å². The lowest BCUT2D eigenvalue weighted by atomic mass is 10.2. The summed E-state index contributed by atoms with van der Waals surface area (Å²) in [5, 5.41) is 7.52. The predicted molar refractivity (Wildman–Crippen MR) is 107 cm³/mol. The molecule has 0 radical (unpaired) electrons. The van der Waals surface area contributed by atoms with Crippen molar-refractivity contribution in [2.24, 2.45) is 0 Å². The molecule has 3 aromatic rings. The van der Waals surface area contributed by atoms with E-state index in [0.29, 0.717) is 16.5 Å². The molecule has 1 fully saturated rings. The van der Waals surface area contributed by atoms with Crippen LogP contribution in [0.4, 0.5) is 5.69 Å². The molecule has 1 saturated heterocycles. The largest absolute Gasteiger partial charge is 0.487 e. The highest BCUT2D eigenvalue weighted by molar-refractivity contribution is 7.07. The molecule has 4 rings (SSSR count). The van der Waals surface area contributed by atoms with Gasteiger partial charge < -0.3 is 14.5 Å². The summed E-state index contributed by atoms with van der Waals surface area (Å²) in [7, 11) is 0. The number of carbonyl (C=O) groups excluding carboxylic acids is 1. The smallest absolute Gasteiger partial charge is 0.291 e. The highest BCUT2D eigenvalue weighted by atomic mass is 35.5. The molecule has 1 N–H and O–H groups in total. The zero-order valence-electron chi connectivity index (χ0n) is 14.6. The standard InChI is InChI=1S/C20H19ClN2O3S/c21-17-10-15(22-20(24)19-2-1-8-25-19)3-4-18(17)26-16-5-7-23(12-16)11-14-6-9-27-13-14/h1-4,6,8-10,13,16H,5,7,11-12H2,(H,22,24). The molecule has 27 heavy (non-hydrogen) atoms. The number of nitrogens with one attached hydrogen (secondary N) is 1. The molecule has 0 spiro atoms. The fraction of sp³-hybridized carbons (Fsp3) is 0.250. The Balaban J connectivity index is 1.34. The molecule has 1 atom stereocenters. The van der Waals surface area contributed by atoms with Gasteiger partial charge in [-0.1, -0.05) is 11.6 Å². The van der Waals surface area contributed by atoms with Crippen LogP contribution >= 0.6 is 22.9 Å². The molecule has 1 aromatic carbocycles. The number of halogens is 1. The van der Waals surface area contributed by atoms with Crippen molar-refractivity contribution in [1.29, 1.82) is 0 Å². The van der Waals surface area contributed by atoms with Gasteiger partial charge in [0.05, 0.1) is 11.3 Å². The van der Waals surface area contributed by atoms with E-state index in [0.717, 1.165) is 26.1 Å². The summed E-state index contributed by atoms with van der Waals surface area (Å²) in [6, 6.07) is 10.7. The molecule has 3 heterocycles. The number of thiophene rings is 1. The number of furan rings is 1. The lowest BCUT2D eigenvalue weighted by Crippen LogP contribution is -2.24. The number of nitrogens with zero attached hydrogens (tertiary/aromatic N) is 1. The molecular weight excluding hydrogens is 384 g/mol. The Hall–Kier alpha value is -2.28. The number of anilines is 1. The lowest BCUT2D eigenvalue weighted by Gasteiger charge is -2.17. The summed E-state index contributed by atoms with van der Waals surface area (Å²) in [6.45, 7) is 2.84. The van der Waals surface area contributed by atoms with Crippen LogP contribution in [0.2, 0.25) is 5.02 Å². The number of hydrogen-bond acceptors (Lipinski definition) is 5. The topological polar surface area (TPSA) is 54.7 Å². The minimum Gasteiger partial charge on any atom is -0.487 e. The average Bonchev–Trinajstić information content (AvgIpc) is 3.40. The predicted octanol–water partition coefficient (Wildman–Crippen LogP) is 4.90. The van der Waals surface area contributed by atoms with Gasteiger partial charge >= 0.3 is 0 Å². The summed E-state index contributed by atoms with van der Waals surface area (Å²) in [5.41, 5.74) is 1.94. The van der Waals surface area contributed by atoms with E-state index in [1.54, 1.807) is 41.7 Å². The Morgan fingerprint density at radius 2 is 2.30 bits per heavy atom. The number of likely N-dealkylation sites (tertiary alicyclic amines) is 1. The second kappa shape index (κ2) is 8.17. The lowest BCUT2D eigenvalue weighted by molar-refractivity contribution is 0.0996. The van der Waals surface area contributed by atoms with Crippen molar-refractivity contribution in [2.75, 3.05) is 18.4 Å². The number of ether oxygens (including phenoxy) is 1. The van der Waals surface area contributed by atoms with Gasteiger partial charge in [0, 0.05) is 25.3 Å².